The lowest BCUT2D eigenvalue weighted by molar-refractivity contribution is -0.150. The van der Waals surface area contributed by atoms with E-state index < -0.39 is 29.7 Å². The molecule has 132 valence electrons. The number of phenolic OH excluding ortho intramolecular Hbond substituents is 1. The van der Waals surface area contributed by atoms with Gasteiger partial charge in [0.25, 0.3) is 0 Å². The fourth-order valence-corrected chi connectivity index (χ4v) is 2.55. The molecule has 1 rings (SSSR count). The maximum absolute atomic E-state index is 12.2. The van der Waals surface area contributed by atoms with Crippen molar-refractivity contribution in [3.63, 3.8) is 0 Å². The molecule has 0 aliphatic rings. The third kappa shape index (κ3) is 4.85. The molecule has 1 aromatic rings. The number of halogens is 1. The first kappa shape index (κ1) is 20.3. The molecule has 0 saturated heterocycles. The monoisotopic (exact) mass is 364 g/mol. The van der Waals surface area contributed by atoms with Crippen LogP contribution in [0.3, 0.4) is 0 Å². The normalized spacial score (nSPS) is 13.6. The molecular weight excluding hydrogens is 348 g/mol. The first-order chi connectivity index (χ1) is 11.9. The van der Waals surface area contributed by atoms with Gasteiger partial charge in [-0.15, -0.1) is 0 Å². The zero-order chi connectivity index (χ0) is 19.0. The summed E-state index contributed by atoms with van der Waals surface area (Å²) in [6, 6.07) is 7.46. The molecule has 0 spiro atoms. The second kappa shape index (κ2) is 9.51. The molecule has 0 bridgehead atoms. The zero-order valence-electron chi connectivity index (χ0n) is 13.7. The number of nitrogens with zero attached hydrogens (tertiary/aromatic N) is 2. The highest BCUT2D eigenvalue weighted by Crippen LogP contribution is 2.39. The molecular formula is C17H17ClN2O5. The largest absolute Gasteiger partial charge is 0.508 e. The van der Waals surface area contributed by atoms with Gasteiger partial charge < -0.3 is 14.6 Å². The number of ether oxygens (including phenoxy) is 2. The van der Waals surface area contributed by atoms with Crippen molar-refractivity contribution < 1.29 is 24.2 Å². The van der Waals surface area contributed by atoms with Crippen LogP contribution < -0.4 is 0 Å². The van der Waals surface area contributed by atoms with Crippen LogP contribution in [0.2, 0.25) is 5.02 Å². The van der Waals surface area contributed by atoms with Crippen LogP contribution in [-0.2, 0) is 19.1 Å². The molecule has 0 radical (unpaired) electrons. The number of nitriles is 2. The van der Waals surface area contributed by atoms with E-state index in [4.69, 9.17) is 21.1 Å². The van der Waals surface area contributed by atoms with Crippen LogP contribution in [0.1, 0.15) is 25.3 Å². The Morgan fingerprint density at radius 2 is 1.60 bits per heavy atom. The third-order valence-corrected chi connectivity index (χ3v) is 3.66. The number of carbonyl (C=O) groups excluding carboxylic acids is 2. The van der Waals surface area contributed by atoms with E-state index in [0.717, 1.165) is 0 Å². The predicted octanol–water partition coefficient (Wildman–Crippen LogP) is 2.53. The highest BCUT2D eigenvalue weighted by atomic mass is 35.5. The molecule has 8 heteroatoms. The summed E-state index contributed by atoms with van der Waals surface area (Å²) in [6.45, 7) is 3.15. The smallest absolute Gasteiger partial charge is 0.324 e. The molecule has 25 heavy (non-hydrogen) atoms. The van der Waals surface area contributed by atoms with E-state index in [-0.39, 0.29) is 29.5 Å². The number of phenols is 1. The summed E-state index contributed by atoms with van der Waals surface area (Å²) in [5.41, 5.74) is 0.0201. The fraction of sp³-hybridized carbons (Fsp3) is 0.412. The minimum absolute atomic E-state index is 0.0158. The summed E-state index contributed by atoms with van der Waals surface area (Å²) in [4.78, 5) is 24.3. The van der Waals surface area contributed by atoms with Gasteiger partial charge in [0.2, 0.25) is 0 Å². The minimum Gasteiger partial charge on any atom is -0.508 e. The van der Waals surface area contributed by atoms with E-state index in [9.17, 15) is 25.2 Å². The maximum atomic E-state index is 12.2. The number of aromatic hydroxyl groups is 1. The number of benzene rings is 1. The highest BCUT2D eigenvalue weighted by molar-refractivity contribution is 6.30. The van der Waals surface area contributed by atoms with Crippen molar-refractivity contribution in [2.24, 2.45) is 11.8 Å². The Bertz CT molecular complexity index is 687. The molecule has 1 unspecified atom stereocenters. The quantitative estimate of drug-likeness (QED) is 0.738. The zero-order valence-corrected chi connectivity index (χ0v) is 14.5. The van der Waals surface area contributed by atoms with Gasteiger partial charge in [-0.05, 0) is 32.0 Å². The second-order valence-electron chi connectivity index (χ2n) is 4.95. The number of esters is 2. The van der Waals surface area contributed by atoms with Crippen LogP contribution in [0.5, 0.6) is 5.75 Å². The van der Waals surface area contributed by atoms with Crippen molar-refractivity contribution >= 4 is 23.5 Å². The molecule has 0 heterocycles. The second-order valence-corrected chi connectivity index (χ2v) is 5.38. The summed E-state index contributed by atoms with van der Waals surface area (Å²) in [6.07, 6.45) is 0. The van der Waals surface area contributed by atoms with Gasteiger partial charge in [0.05, 0.1) is 25.4 Å². The standard InChI is InChI=1S/C17H17ClN2O5/c1-3-24-16(22)12(8-19)15(13(9-20)17(23)25-4-2)11-7-10(18)5-6-14(11)21/h5-7,12-13,15,21H,3-4H2,1-2H3/t12-,13+,15?. The van der Waals surface area contributed by atoms with Crippen molar-refractivity contribution in [3.8, 4) is 17.9 Å². The lowest BCUT2D eigenvalue weighted by Crippen LogP contribution is -2.33. The van der Waals surface area contributed by atoms with E-state index in [2.05, 4.69) is 0 Å². The Balaban J connectivity index is 3.52. The Labute approximate surface area is 150 Å². The third-order valence-electron chi connectivity index (χ3n) is 3.43. The van der Waals surface area contributed by atoms with Crippen LogP contribution in [0, 0.1) is 34.5 Å². The van der Waals surface area contributed by atoms with Gasteiger partial charge in [-0.3, -0.25) is 9.59 Å². The summed E-state index contributed by atoms with van der Waals surface area (Å²) < 4.78 is 9.73. The van der Waals surface area contributed by atoms with Crippen LogP contribution in [-0.4, -0.2) is 30.3 Å². The molecule has 0 amide bonds. The van der Waals surface area contributed by atoms with Crippen molar-refractivity contribution in [1.29, 1.82) is 10.5 Å². The van der Waals surface area contributed by atoms with Crippen LogP contribution in [0.4, 0.5) is 0 Å². The summed E-state index contributed by atoms with van der Waals surface area (Å²) in [5.74, 6) is -6.41. The molecule has 0 fully saturated rings. The molecule has 7 nitrogen and oxygen atoms in total. The molecule has 0 aliphatic carbocycles. The van der Waals surface area contributed by atoms with Gasteiger partial charge in [-0.2, -0.15) is 10.5 Å². The van der Waals surface area contributed by atoms with Gasteiger partial charge in [0, 0.05) is 16.5 Å². The number of rotatable bonds is 7. The van der Waals surface area contributed by atoms with Crippen LogP contribution >= 0.6 is 11.6 Å². The van der Waals surface area contributed by atoms with Gasteiger partial charge in [0.15, 0.2) is 11.8 Å². The molecule has 1 N–H and O–H groups in total. The first-order valence-electron chi connectivity index (χ1n) is 7.52. The molecule has 1 aromatic carbocycles. The first-order valence-corrected chi connectivity index (χ1v) is 7.89. The van der Waals surface area contributed by atoms with Crippen LogP contribution in [0.15, 0.2) is 18.2 Å². The average Bonchev–Trinajstić information content (AvgIpc) is 2.57. The van der Waals surface area contributed by atoms with E-state index in [1.807, 2.05) is 0 Å². The van der Waals surface area contributed by atoms with Crippen molar-refractivity contribution in [3.05, 3.63) is 28.8 Å². The minimum atomic E-state index is -1.50. The lowest BCUT2D eigenvalue weighted by atomic mass is 9.77. The van der Waals surface area contributed by atoms with Gasteiger partial charge in [0.1, 0.15) is 5.75 Å². The van der Waals surface area contributed by atoms with E-state index in [0.29, 0.717) is 0 Å². The SMILES string of the molecule is CCOC(=O)[C@@H](C#N)C(c1cc(Cl)ccc1O)[C@@H](C#N)C(=O)OCC. The Hall–Kier alpha value is -2.77. The molecule has 0 aromatic heterocycles. The van der Waals surface area contributed by atoms with Crippen molar-refractivity contribution in [2.45, 2.75) is 19.8 Å². The van der Waals surface area contributed by atoms with Gasteiger partial charge in [-0.25, -0.2) is 0 Å². The predicted molar refractivity (Wildman–Crippen MR) is 87.3 cm³/mol. The fourth-order valence-electron chi connectivity index (χ4n) is 2.37. The van der Waals surface area contributed by atoms with E-state index >= 15 is 0 Å². The maximum Gasteiger partial charge on any atom is 0.324 e. The molecule has 0 saturated carbocycles. The summed E-state index contributed by atoms with van der Waals surface area (Å²) in [7, 11) is 0. The van der Waals surface area contributed by atoms with Gasteiger partial charge in [-0.1, -0.05) is 11.6 Å². The van der Waals surface area contributed by atoms with Gasteiger partial charge >= 0.3 is 11.9 Å². The highest BCUT2D eigenvalue weighted by Gasteiger charge is 2.42. The Morgan fingerprint density at radius 3 is 2.00 bits per heavy atom. The number of carbonyl (C=O) groups is 2. The average molecular weight is 365 g/mol. The van der Waals surface area contributed by atoms with Crippen LogP contribution in [0.25, 0.3) is 0 Å². The summed E-state index contributed by atoms with van der Waals surface area (Å²) >= 11 is 5.93. The molecule has 0 aliphatic heterocycles. The Kier molecular flexibility index (Phi) is 7.71. The lowest BCUT2D eigenvalue weighted by Gasteiger charge is -2.25. The van der Waals surface area contributed by atoms with Crippen molar-refractivity contribution in [1.82, 2.24) is 0 Å². The van der Waals surface area contributed by atoms with Crippen molar-refractivity contribution in [2.75, 3.05) is 13.2 Å². The number of hydrogen-bond acceptors (Lipinski definition) is 7. The molecule has 3 atom stereocenters. The Morgan fingerprint density at radius 1 is 1.12 bits per heavy atom. The summed E-state index contributed by atoms with van der Waals surface area (Å²) in [5, 5.41) is 29.2. The number of hydrogen-bond donors (Lipinski definition) is 1. The topological polar surface area (TPSA) is 120 Å². The van der Waals surface area contributed by atoms with E-state index in [1.165, 1.54) is 18.2 Å². The van der Waals surface area contributed by atoms with E-state index in [1.54, 1.807) is 26.0 Å².